The summed E-state index contributed by atoms with van der Waals surface area (Å²) in [5, 5.41) is 26.6. The highest BCUT2D eigenvalue weighted by Crippen LogP contribution is 2.11. The van der Waals surface area contributed by atoms with Crippen molar-refractivity contribution in [3.8, 4) is 0 Å². The number of hydrogen-bond donors (Lipinski definition) is 3. The van der Waals surface area contributed by atoms with E-state index in [0.29, 0.717) is 5.06 Å². The molecule has 1 aliphatic rings. The highest BCUT2D eigenvalue weighted by Gasteiger charge is 2.23. The summed E-state index contributed by atoms with van der Waals surface area (Å²) in [5.74, 6) is -1.25. The van der Waals surface area contributed by atoms with Gasteiger partial charge in [0.25, 0.3) is 0 Å². The monoisotopic (exact) mass is 157 g/mol. The second-order valence-electron chi connectivity index (χ2n) is 2.02. The number of nitrogens with zero attached hydrogens (tertiary/aromatic N) is 1. The summed E-state index contributed by atoms with van der Waals surface area (Å²) in [6.45, 7) is 0. The molecule has 60 valence electrons. The Hall–Kier alpha value is -1.33. The molecule has 0 fully saturated rings. The van der Waals surface area contributed by atoms with E-state index in [9.17, 15) is 4.79 Å². The van der Waals surface area contributed by atoms with E-state index in [4.69, 9.17) is 15.4 Å². The molecule has 0 aromatic carbocycles. The van der Waals surface area contributed by atoms with E-state index in [1.807, 2.05) is 0 Å². The van der Waals surface area contributed by atoms with Crippen molar-refractivity contribution in [2.75, 3.05) is 0 Å². The lowest BCUT2D eigenvalue weighted by Crippen LogP contribution is -2.33. The number of hydrogen-bond acceptors (Lipinski definition) is 4. The number of allylic oxidation sites excluding steroid dienone is 2. The quantitative estimate of drug-likeness (QED) is 0.479. The first kappa shape index (κ1) is 7.77. The first-order valence-corrected chi connectivity index (χ1v) is 2.90. The van der Waals surface area contributed by atoms with Crippen LogP contribution in [0.15, 0.2) is 23.9 Å². The first-order valence-electron chi connectivity index (χ1n) is 2.90. The molecule has 0 saturated heterocycles. The molecule has 0 radical (unpaired) electrons. The molecule has 0 aliphatic carbocycles. The van der Waals surface area contributed by atoms with Crippen molar-refractivity contribution >= 4 is 5.97 Å². The average molecular weight is 157 g/mol. The first-order chi connectivity index (χ1) is 5.13. The molecule has 1 rings (SSSR count). The molecule has 1 aliphatic heterocycles. The zero-order valence-corrected chi connectivity index (χ0v) is 5.51. The lowest BCUT2D eigenvalue weighted by molar-refractivity contribution is -0.156. The van der Waals surface area contributed by atoms with Crippen LogP contribution < -0.4 is 0 Å². The Morgan fingerprint density at radius 2 is 2.27 bits per heavy atom. The van der Waals surface area contributed by atoms with Crippen LogP contribution in [0.5, 0.6) is 0 Å². The summed E-state index contributed by atoms with van der Waals surface area (Å²) in [7, 11) is 0. The van der Waals surface area contributed by atoms with Crippen LogP contribution in [0.2, 0.25) is 0 Å². The van der Waals surface area contributed by atoms with Crippen LogP contribution in [0.1, 0.15) is 0 Å². The zero-order chi connectivity index (χ0) is 8.43. The van der Waals surface area contributed by atoms with Crippen LogP contribution >= 0.6 is 0 Å². The van der Waals surface area contributed by atoms with Crippen molar-refractivity contribution in [1.82, 2.24) is 5.06 Å². The minimum absolute atomic E-state index is 0.255. The topological polar surface area (TPSA) is 81.0 Å². The molecule has 11 heavy (non-hydrogen) atoms. The smallest absolute Gasteiger partial charge is 0.336 e. The van der Waals surface area contributed by atoms with E-state index in [2.05, 4.69) is 0 Å². The maximum Gasteiger partial charge on any atom is 0.336 e. The van der Waals surface area contributed by atoms with E-state index in [0.717, 1.165) is 6.20 Å². The minimum atomic E-state index is -1.47. The van der Waals surface area contributed by atoms with Gasteiger partial charge in [0, 0.05) is 6.20 Å². The fourth-order valence-corrected chi connectivity index (χ4v) is 0.727. The van der Waals surface area contributed by atoms with Crippen molar-refractivity contribution in [2.45, 2.75) is 6.23 Å². The summed E-state index contributed by atoms with van der Waals surface area (Å²) in [6, 6.07) is 0. The summed E-state index contributed by atoms with van der Waals surface area (Å²) in [5.41, 5.74) is -0.255. The average Bonchev–Trinajstić information content (AvgIpc) is 1.94. The van der Waals surface area contributed by atoms with E-state index in [1.165, 1.54) is 12.2 Å². The molecule has 0 amide bonds. The van der Waals surface area contributed by atoms with Gasteiger partial charge in [0.1, 0.15) is 0 Å². The second-order valence-corrected chi connectivity index (χ2v) is 2.02. The summed E-state index contributed by atoms with van der Waals surface area (Å²) < 4.78 is 0. The van der Waals surface area contributed by atoms with E-state index < -0.39 is 12.2 Å². The van der Waals surface area contributed by atoms with Crippen LogP contribution in [0.4, 0.5) is 0 Å². The van der Waals surface area contributed by atoms with Gasteiger partial charge in [-0.3, -0.25) is 5.21 Å². The molecule has 0 aromatic rings. The van der Waals surface area contributed by atoms with Gasteiger partial charge in [0.15, 0.2) is 6.23 Å². The van der Waals surface area contributed by atoms with Crippen molar-refractivity contribution in [1.29, 1.82) is 0 Å². The van der Waals surface area contributed by atoms with Gasteiger partial charge < -0.3 is 10.2 Å². The Morgan fingerprint density at radius 3 is 2.73 bits per heavy atom. The number of carboxylic acids is 1. The summed E-state index contributed by atoms with van der Waals surface area (Å²) >= 11 is 0. The number of aliphatic hydroxyl groups excluding tert-OH is 1. The van der Waals surface area contributed by atoms with Gasteiger partial charge in [-0.1, -0.05) is 0 Å². The number of carbonyl (C=O) groups is 1. The van der Waals surface area contributed by atoms with Crippen LogP contribution in [0.3, 0.4) is 0 Å². The van der Waals surface area contributed by atoms with Crippen LogP contribution in [-0.2, 0) is 4.79 Å². The molecule has 5 heteroatoms. The Bertz CT molecular complexity index is 233. The third-order valence-electron chi connectivity index (χ3n) is 1.29. The minimum Gasteiger partial charge on any atom is -0.478 e. The van der Waals surface area contributed by atoms with Gasteiger partial charge in [-0.05, 0) is 12.2 Å². The van der Waals surface area contributed by atoms with Gasteiger partial charge in [0.05, 0.1) is 5.57 Å². The maximum absolute atomic E-state index is 10.3. The van der Waals surface area contributed by atoms with Gasteiger partial charge in [-0.25, -0.2) is 9.86 Å². The standard InChI is InChI=1S/C6H7NO4/c8-5-4(6(9)10)2-1-3-7(5)11/h1-3,5,8,11H,(H,9,10). The fourth-order valence-electron chi connectivity index (χ4n) is 0.727. The number of aliphatic carboxylic acids is 1. The Labute approximate surface area is 62.4 Å². The highest BCUT2D eigenvalue weighted by atomic mass is 16.5. The molecule has 5 nitrogen and oxygen atoms in total. The lowest BCUT2D eigenvalue weighted by Gasteiger charge is -2.21. The number of carboxylic acid groups (broad SMARTS) is 1. The van der Waals surface area contributed by atoms with Crippen LogP contribution in [0.25, 0.3) is 0 Å². The third kappa shape index (κ3) is 1.39. The normalized spacial score (nSPS) is 23.3. The lowest BCUT2D eigenvalue weighted by atomic mass is 10.2. The summed E-state index contributed by atoms with van der Waals surface area (Å²) in [4.78, 5) is 10.3. The fraction of sp³-hybridized carbons (Fsp3) is 0.167. The SMILES string of the molecule is O=C(O)C1=CC=CN(O)C1O. The molecule has 0 bridgehead atoms. The Balaban J connectivity index is 2.87. The predicted molar refractivity (Wildman–Crippen MR) is 34.5 cm³/mol. The largest absolute Gasteiger partial charge is 0.478 e. The van der Waals surface area contributed by atoms with Gasteiger partial charge in [0.2, 0.25) is 0 Å². The highest BCUT2D eigenvalue weighted by molar-refractivity contribution is 5.88. The second kappa shape index (κ2) is 2.73. The molecular weight excluding hydrogens is 150 g/mol. The molecule has 1 unspecified atom stereocenters. The van der Waals surface area contributed by atoms with Crippen molar-refractivity contribution in [3.63, 3.8) is 0 Å². The van der Waals surface area contributed by atoms with Crippen molar-refractivity contribution in [3.05, 3.63) is 23.9 Å². The Morgan fingerprint density at radius 1 is 1.64 bits per heavy atom. The molecule has 1 heterocycles. The molecule has 1 atom stereocenters. The molecule has 3 N–H and O–H groups in total. The predicted octanol–water partition coefficient (Wildman–Crippen LogP) is -0.466. The van der Waals surface area contributed by atoms with Crippen molar-refractivity contribution < 1.29 is 20.2 Å². The van der Waals surface area contributed by atoms with Gasteiger partial charge in [-0.2, -0.15) is 0 Å². The zero-order valence-electron chi connectivity index (χ0n) is 5.51. The molecule has 0 saturated carbocycles. The van der Waals surface area contributed by atoms with Gasteiger partial charge in [-0.15, -0.1) is 0 Å². The van der Waals surface area contributed by atoms with E-state index in [1.54, 1.807) is 0 Å². The summed E-state index contributed by atoms with van der Waals surface area (Å²) in [6.07, 6.45) is 2.24. The van der Waals surface area contributed by atoms with Crippen LogP contribution in [-0.4, -0.2) is 32.7 Å². The Kier molecular flexibility index (Phi) is 1.93. The molecular formula is C6H7NO4. The van der Waals surface area contributed by atoms with Gasteiger partial charge >= 0.3 is 5.97 Å². The van der Waals surface area contributed by atoms with Crippen LogP contribution in [0, 0.1) is 0 Å². The number of rotatable bonds is 1. The van der Waals surface area contributed by atoms with E-state index >= 15 is 0 Å². The third-order valence-corrected chi connectivity index (χ3v) is 1.29. The van der Waals surface area contributed by atoms with Crippen molar-refractivity contribution in [2.24, 2.45) is 0 Å². The molecule has 0 spiro atoms. The molecule has 0 aromatic heterocycles. The maximum atomic E-state index is 10.3. The van der Waals surface area contributed by atoms with E-state index in [-0.39, 0.29) is 5.57 Å². The number of aliphatic hydroxyl groups is 1. The number of hydroxylamine groups is 2.